The second-order valence-corrected chi connectivity index (χ2v) is 6.10. The SMILES string of the molecule is C[C@H](C(=O)Nc1cccc2cn[nH]c12)n1cc(COc2ccccc2)nn1. The number of fused-ring (bicyclic) bond motifs is 1. The normalized spacial score (nSPS) is 12.0. The number of para-hydroxylation sites is 2. The number of carbonyl (C=O) groups excluding carboxylic acids is 1. The molecule has 0 saturated carbocycles. The van der Waals surface area contributed by atoms with Crippen molar-refractivity contribution in [3.8, 4) is 5.75 Å². The Morgan fingerprint density at radius 2 is 2.07 bits per heavy atom. The average Bonchev–Trinajstić information content (AvgIpc) is 3.36. The highest BCUT2D eigenvalue weighted by atomic mass is 16.5. The van der Waals surface area contributed by atoms with E-state index in [1.165, 1.54) is 4.68 Å². The van der Waals surface area contributed by atoms with Crippen molar-refractivity contribution in [1.29, 1.82) is 0 Å². The van der Waals surface area contributed by atoms with Crippen LogP contribution in [0.3, 0.4) is 0 Å². The molecule has 2 aromatic carbocycles. The first-order valence-electron chi connectivity index (χ1n) is 8.52. The second kappa shape index (κ2) is 7.28. The number of ether oxygens (including phenoxy) is 1. The van der Waals surface area contributed by atoms with Crippen molar-refractivity contribution < 1.29 is 9.53 Å². The van der Waals surface area contributed by atoms with Gasteiger partial charge in [-0.15, -0.1) is 5.10 Å². The van der Waals surface area contributed by atoms with Gasteiger partial charge in [-0.25, -0.2) is 4.68 Å². The zero-order chi connectivity index (χ0) is 18.6. The number of nitrogens with zero attached hydrogens (tertiary/aromatic N) is 4. The van der Waals surface area contributed by atoms with Crippen molar-refractivity contribution in [2.24, 2.45) is 0 Å². The van der Waals surface area contributed by atoms with E-state index in [2.05, 4.69) is 25.8 Å². The van der Waals surface area contributed by atoms with E-state index in [1.807, 2.05) is 48.5 Å². The van der Waals surface area contributed by atoms with Crippen LogP contribution in [0.2, 0.25) is 0 Å². The van der Waals surface area contributed by atoms with Gasteiger partial charge in [-0.1, -0.05) is 35.5 Å². The number of nitrogens with one attached hydrogen (secondary N) is 2. The van der Waals surface area contributed by atoms with E-state index in [9.17, 15) is 4.79 Å². The lowest BCUT2D eigenvalue weighted by Crippen LogP contribution is -2.24. The van der Waals surface area contributed by atoms with Crippen LogP contribution in [0.15, 0.2) is 60.9 Å². The molecule has 0 aliphatic rings. The molecule has 4 rings (SSSR count). The Bertz CT molecular complexity index is 1060. The number of aromatic nitrogens is 5. The molecule has 2 N–H and O–H groups in total. The number of rotatable bonds is 6. The predicted octanol–water partition coefficient (Wildman–Crippen LogP) is 2.93. The Hall–Kier alpha value is -3.68. The van der Waals surface area contributed by atoms with Crippen LogP contribution in [0.1, 0.15) is 18.7 Å². The molecular weight excluding hydrogens is 344 g/mol. The van der Waals surface area contributed by atoms with E-state index in [0.29, 0.717) is 11.4 Å². The van der Waals surface area contributed by atoms with Gasteiger partial charge in [-0.3, -0.25) is 9.89 Å². The maximum atomic E-state index is 12.6. The zero-order valence-electron chi connectivity index (χ0n) is 14.7. The smallest absolute Gasteiger partial charge is 0.249 e. The van der Waals surface area contributed by atoms with Gasteiger partial charge in [0.25, 0.3) is 0 Å². The van der Waals surface area contributed by atoms with Gasteiger partial charge in [0.05, 0.1) is 23.6 Å². The molecule has 0 aliphatic heterocycles. The molecule has 0 saturated heterocycles. The molecule has 0 fully saturated rings. The van der Waals surface area contributed by atoms with Crippen molar-refractivity contribution in [1.82, 2.24) is 25.2 Å². The quantitative estimate of drug-likeness (QED) is 0.550. The summed E-state index contributed by atoms with van der Waals surface area (Å²) >= 11 is 0. The van der Waals surface area contributed by atoms with Gasteiger partial charge in [0.15, 0.2) is 0 Å². The van der Waals surface area contributed by atoms with Crippen LogP contribution in [0.25, 0.3) is 10.9 Å². The van der Waals surface area contributed by atoms with Crippen LogP contribution >= 0.6 is 0 Å². The summed E-state index contributed by atoms with van der Waals surface area (Å²) in [4.78, 5) is 12.6. The molecule has 4 aromatic rings. The van der Waals surface area contributed by atoms with Crippen LogP contribution in [0, 0.1) is 0 Å². The first-order valence-corrected chi connectivity index (χ1v) is 8.52. The number of aromatic amines is 1. The molecule has 8 heteroatoms. The Morgan fingerprint density at radius 1 is 1.22 bits per heavy atom. The van der Waals surface area contributed by atoms with E-state index >= 15 is 0 Å². The summed E-state index contributed by atoms with van der Waals surface area (Å²) < 4.78 is 7.17. The first-order chi connectivity index (χ1) is 13.2. The van der Waals surface area contributed by atoms with Crippen molar-refractivity contribution >= 4 is 22.5 Å². The Morgan fingerprint density at radius 3 is 2.93 bits per heavy atom. The van der Waals surface area contributed by atoms with Gasteiger partial charge in [-0.05, 0) is 25.1 Å². The van der Waals surface area contributed by atoms with Gasteiger partial charge >= 0.3 is 0 Å². The summed E-state index contributed by atoms with van der Waals surface area (Å²) in [7, 11) is 0. The molecule has 1 amide bonds. The third-order valence-electron chi connectivity index (χ3n) is 4.20. The summed E-state index contributed by atoms with van der Waals surface area (Å²) in [6.07, 6.45) is 3.43. The largest absolute Gasteiger partial charge is 0.487 e. The van der Waals surface area contributed by atoms with E-state index in [0.717, 1.165) is 16.7 Å². The van der Waals surface area contributed by atoms with Crippen molar-refractivity contribution in [2.45, 2.75) is 19.6 Å². The monoisotopic (exact) mass is 362 g/mol. The summed E-state index contributed by atoms with van der Waals surface area (Å²) in [5.41, 5.74) is 2.11. The van der Waals surface area contributed by atoms with Gasteiger partial charge in [0.2, 0.25) is 5.91 Å². The number of amides is 1. The lowest BCUT2D eigenvalue weighted by Gasteiger charge is -2.12. The molecular formula is C19H18N6O2. The van der Waals surface area contributed by atoms with Crippen LogP contribution in [-0.2, 0) is 11.4 Å². The molecule has 0 spiro atoms. The fraction of sp³-hybridized carbons (Fsp3) is 0.158. The third kappa shape index (κ3) is 3.64. The van der Waals surface area contributed by atoms with Gasteiger partial charge in [-0.2, -0.15) is 5.10 Å². The first kappa shape index (κ1) is 16.8. The van der Waals surface area contributed by atoms with Crippen molar-refractivity contribution in [3.05, 3.63) is 66.6 Å². The summed E-state index contributed by atoms with van der Waals surface area (Å²) in [6.45, 7) is 2.05. The molecule has 0 radical (unpaired) electrons. The predicted molar refractivity (Wildman–Crippen MR) is 100 cm³/mol. The van der Waals surface area contributed by atoms with Gasteiger partial charge < -0.3 is 10.1 Å². The number of carbonyl (C=O) groups is 1. The van der Waals surface area contributed by atoms with Crippen molar-refractivity contribution in [3.63, 3.8) is 0 Å². The number of benzene rings is 2. The van der Waals surface area contributed by atoms with E-state index in [1.54, 1.807) is 19.3 Å². The van der Waals surface area contributed by atoms with Crippen LogP contribution in [0.5, 0.6) is 5.75 Å². The number of anilines is 1. The minimum atomic E-state index is -0.527. The number of H-pyrrole nitrogens is 1. The van der Waals surface area contributed by atoms with Gasteiger partial charge in [0.1, 0.15) is 24.1 Å². The minimum Gasteiger partial charge on any atom is -0.487 e. The maximum absolute atomic E-state index is 12.6. The fourth-order valence-corrected chi connectivity index (χ4v) is 2.67. The highest BCUT2D eigenvalue weighted by molar-refractivity contribution is 6.01. The summed E-state index contributed by atoms with van der Waals surface area (Å²) in [5, 5.41) is 18.9. The molecule has 0 bridgehead atoms. The molecule has 136 valence electrons. The van der Waals surface area contributed by atoms with E-state index in [4.69, 9.17) is 4.74 Å². The lowest BCUT2D eigenvalue weighted by molar-refractivity contribution is -0.119. The van der Waals surface area contributed by atoms with Crippen LogP contribution in [0.4, 0.5) is 5.69 Å². The topological polar surface area (TPSA) is 97.7 Å². The number of hydrogen-bond acceptors (Lipinski definition) is 5. The molecule has 8 nitrogen and oxygen atoms in total. The number of hydrogen-bond donors (Lipinski definition) is 2. The Labute approximate surface area is 155 Å². The Balaban J connectivity index is 1.42. The third-order valence-corrected chi connectivity index (χ3v) is 4.20. The lowest BCUT2D eigenvalue weighted by atomic mass is 10.2. The molecule has 2 heterocycles. The minimum absolute atomic E-state index is 0.197. The van der Waals surface area contributed by atoms with Crippen molar-refractivity contribution in [2.75, 3.05) is 5.32 Å². The molecule has 0 aliphatic carbocycles. The highest BCUT2D eigenvalue weighted by Crippen LogP contribution is 2.21. The zero-order valence-corrected chi connectivity index (χ0v) is 14.7. The standard InChI is InChI=1S/C19H18N6O2/c1-13(19(26)21-17-9-5-6-14-10-20-23-18(14)17)25-11-15(22-24-25)12-27-16-7-3-2-4-8-16/h2-11,13H,12H2,1H3,(H,20,23)(H,21,26)/t13-/m1/s1. The second-order valence-electron chi connectivity index (χ2n) is 6.10. The maximum Gasteiger partial charge on any atom is 0.249 e. The summed E-state index contributed by atoms with van der Waals surface area (Å²) in [5.74, 6) is 0.558. The molecule has 27 heavy (non-hydrogen) atoms. The molecule has 2 aromatic heterocycles. The average molecular weight is 362 g/mol. The van der Waals surface area contributed by atoms with Crippen LogP contribution in [-0.4, -0.2) is 31.1 Å². The highest BCUT2D eigenvalue weighted by Gasteiger charge is 2.18. The van der Waals surface area contributed by atoms with E-state index < -0.39 is 6.04 Å². The molecule has 1 atom stereocenters. The summed E-state index contributed by atoms with van der Waals surface area (Å²) in [6, 6.07) is 14.6. The fourth-order valence-electron chi connectivity index (χ4n) is 2.67. The van der Waals surface area contributed by atoms with E-state index in [-0.39, 0.29) is 12.5 Å². The van der Waals surface area contributed by atoms with Gasteiger partial charge in [0, 0.05) is 5.39 Å². The molecule has 0 unspecified atom stereocenters. The Kier molecular flexibility index (Phi) is 4.52. The van der Waals surface area contributed by atoms with Crippen LogP contribution < -0.4 is 10.1 Å².